The summed E-state index contributed by atoms with van der Waals surface area (Å²) in [4.78, 5) is 0. The Morgan fingerprint density at radius 1 is 1.43 bits per heavy atom. The van der Waals surface area contributed by atoms with Crippen LogP contribution in [0.25, 0.3) is 0 Å². The molecule has 1 aromatic rings. The van der Waals surface area contributed by atoms with E-state index in [-0.39, 0.29) is 17.8 Å². The third kappa shape index (κ3) is 4.05. The summed E-state index contributed by atoms with van der Waals surface area (Å²) >= 11 is 0. The molecule has 0 atom stereocenters. The number of nitrogen functional groups attached to an aromatic ring is 1. The quantitative estimate of drug-likeness (QED) is 0.528. The van der Waals surface area contributed by atoms with Crippen LogP contribution >= 0.6 is 0 Å². The largest absolute Gasteiger partial charge is 0.390 e. The van der Waals surface area contributed by atoms with Crippen molar-refractivity contribution in [2.45, 2.75) is 6.42 Å². The van der Waals surface area contributed by atoms with E-state index in [9.17, 15) is 8.42 Å². The molecule has 0 aliphatic carbocycles. The van der Waals surface area contributed by atoms with Gasteiger partial charge in [-0.3, -0.25) is 0 Å². The van der Waals surface area contributed by atoms with Crippen LogP contribution in [0.1, 0.15) is 6.42 Å². The topological polar surface area (TPSA) is 137 Å². The molecule has 1 rings (SSSR count). The van der Waals surface area contributed by atoms with Gasteiger partial charge in [0, 0.05) is 6.54 Å². The fourth-order valence-electron chi connectivity index (χ4n) is 0.775. The number of hydrogen-bond donors (Lipinski definition) is 3. The highest BCUT2D eigenvalue weighted by Crippen LogP contribution is 2.05. The molecule has 1 heterocycles. The Labute approximate surface area is 80.7 Å². The smallest absolute Gasteiger partial charge is 0.316 e. The van der Waals surface area contributed by atoms with Gasteiger partial charge in [0.25, 0.3) is 0 Å². The number of hydrogen-bond acceptors (Lipinski definition) is 7. The van der Waals surface area contributed by atoms with Crippen molar-refractivity contribution < 1.29 is 12.8 Å². The molecular weight excluding hydrogens is 210 g/mol. The maximum Gasteiger partial charge on any atom is 0.316 e. The summed E-state index contributed by atoms with van der Waals surface area (Å²) in [6.45, 7) is 0.373. The van der Waals surface area contributed by atoms with Gasteiger partial charge in [-0.15, -0.1) is 0 Å². The second kappa shape index (κ2) is 4.24. The highest BCUT2D eigenvalue weighted by atomic mass is 32.2. The fraction of sp³-hybridized carbons (Fsp3) is 0.600. The molecular formula is C5H11N5O3S. The Balaban J connectivity index is 2.23. The van der Waals surface area contributed by atoms with Crippen molar-refractivity contribution in [1.82, 2.24) is 10.2 Å². The Hall–Kier alpha value is -1.35. The van der Waals surface area contributed by atoms with E-state index in [0.717, 1.165) is 0 Å². The summed E-state index contributed by atoms with van der Waals surface area (Å²) in [7, 11) is -3.40. The number of nitrogens with one attached hydrogen (secondary N) is 1. The Bertz CT molecular complexity index is 386. The minimum absolute atomic E-state index is 0.0426. The van der Waals surface area contributed by atoms with Crippen LogP contribution in [0.4, 0.5) is 12.0 Å². The zero-order chi connectivity index (χ0) is 10.6. The summed E-state index contributed by atoms with van der Waals surface area (Å²) in [5.74, 6) is -0.0936. The fourth-order valence-corrected chi connectivity index (χ4v) is 1.32. The van der Waals surface area contributed by atoms with Crippen molar-refractivity contribution in [2.24, 2.45) is 5.14 Å². The lowest BCUT2D eigenvalue weighted by atomic mass is 10.5. The first kappa shape index (κ1) is 10.7. The predicted octanol–water partition coefficient (Wildman–Crippen LogP) is -1.26. The molecule has 8 nitrogen and oxygen atoms in total. The van der Waals surface area contributed by atoms with Crippen molar-refractivity contribution in [3.63, 3.8) is 0 Å². The van der Waals surface area contributed by atoms with Gasteiger partial charge in [0.1, 0.15) is 0 Å². The summed E-state index contributed by atoms with van der Waals surface area (Å²) in [6, 6.07) is 0.121. The van der Waals surface area contributed by atoms with Gasteiger partial charge in [0.15, 0.2) is 0 Å². The lowest BCUT2D eigenvalue weighted by Gasteiger charge is -1.99. The van der Waals surface area contributed by atoms with E-state index in [1.54, 1.807) is 0 Å². The monoisotopic (exact) mass is 221 g/mol. The van der Waals surface area contributed by atoms with Gasteiger partial charge in [0.05, 0.1) is 5.75 Å². The minimum Gasteiger partial charge on any atom is -0.390 e. The standard InChI is InChI=1S/C5H11N5O3S/c6-4-9-10-5(13-4)8-2-1-3-14(7,11)12/h1-3H2,(H2,6,9)(H,8,10)(H2,7,11,12). The molecule has 5 N–H and O–H groups in total. The Morgan fingerprint density at radius 3 is 2.64 bits per heavy atom. The van der Waals surface area contributed by atoms with Crippen LogP contribution in [-0.2, 0) is 10.0 Å². The van der Waals surface area contributed by atoms with E-state index in [0.29, 0.717) is 13.0 Å². The molecule has 0 saturated carbocycles. The van der Waals surface area contributed by atoms with Crippen LogP contribution in [0.5, 0.6) is 0 Å². The molecule has 0 bridgehead atoms. The molecule has 0 unspecified atom stereocenters. The van der Waals surface area contributed by atoms with Gasteiger partial charge < -0.3 is 15.5 Å². The van der Waals surface area contributed by atoms with Gasteiger partial charge in [0.2, 0.25) is 10.0 Å². The average Bonchev–Trinajstić information content (AvgIpc) is 2.44. The van der Waals surface area contributed by atoms with Crippen LogP contribution in [-0.4, -0.2) is 30.9 Å². The van der Waals surface area contributed by atoms with Crippen LogP contribution < -0.4 is 16.2 Å². The first-order valence-corrected chi connectivity index (χ1v) is 5.52. The number of anilines is 2. The van der Waals surface area contributed by atoms with Gasteiger partial charge in [-0.2, -0.15) is 0 Å². The molecule has 80 valence electrons. The summed E-state index contributed by atoms with van der Waals surface area (Å²) in [6.07, 6.45) is 0.362. The highest BCUT2D eigenvalue weighted by Gasteiger charge is 2.03. The molecule has 0 aliphatic rings. The number of primary sulfonamides is 1. The van der Waals surface area contributed by atoms with E-state index in [2.05, 4.69) is 15.5 Å². The van der Waals surface area contributed by atoms with E-state index in [4.69, 9.17) is 15.3 Å². The lowest BCUT2D eigenvalue weighted by Crippen LogP contribution is -2.18. The second-order valence-corrected chi connectivity index (χ2v) is 4.33. The zero-order valence-electron chi connectivity index (χ0n) is 7.30. The number of nitrogens with two attached hydrogens (primary N) is 2. The molecule has 14 heavy (non-hydrogen) atoms. The Morgan fingerprint density at radius 2 is 2.14 bits per heavy atom. The van der Waals surface area contributed by atoms with Gasteiger partial charge >= 0.3 is 12.0 Å². The average molecular weight is 221 g/mol. The van der Waals surface area contributed by atoms with Crippen molar-refractivity contribution >= 4 is 22.1 Å². The van der Waals surface area contributed by atoms with Crippen molar-refractivity contribution in [2.75, 3.05) is 23.3 Å². The highest BCUT2D eigenvalue weighted by molar-refractivity contribution is 7.89. The SMILES string of the molecule is Nc1nnc(NCCCS(N)(=O)=O)o1. The first-order chi connectivity index (χ1) is 6.47. The third-order valence-corrected chi connectivity index (χ3v) is 2.18. The van der Waals surface area contributed by atoms with Crippen LogP contribution in [0, 0.1) is 0 Å². The summed E-state index contributed by atoms with van der Waals surface area (Å²) in [5.41, 5.74) is 5.16. The Kier molecular flexibility index (Phi) is 3.25. The minimum atomic E-state index is -3.40. The summed E-state index contributed by atoms with van der Waals surface area (Å²) < 4.78 is 25.8. The van der Waals surface area contributed by atoms with Gasteiger partial charge in [-0.1, -0.05) is 10.2 Å². The zero-order valence-corrected chi connectivity index (χ0v) is 8.12. The maximum atomic E-state index is 10.5. The lowest BCUT2D eigenvalue weighted by molar-refractivity contribution is 0.582. The molecule has 0 spiro atoms. The molecule has 0 amide bonds. The molecule has 9 heteroatoms. The van der Waals surface area contributed by atoms with Crippen LogP contribution in [0.2, 0.25) is 0 Å². The number of aromatic nitrogens is 2. The first-order valence-electron chi connectivity index (χ1n) is 3.81. The molecule has 0 saturated heterocycles. The second-order valence-electron chi connectivity index (χ2n) is 2.59. The van der Waals surface area contributed by atoms with Crippen molar-refractivity contribution in [3.05, 3.63) is 0 Å². The molecule has 0 fully saturated rings. The maximum absolute atomic E-state index is 10.5. The normalized spacial score (nSPS) is 11.5. The van der Waals surface area contributed by atoms with E-state index in [1.165, 1.54) is 0 Å². The number of nitrogens with zero attached hydrogens (tertiary/aromatic N) is 2. The number of rotatable bonds is 5. The van der Waals surface area contributed by atoms with Gasteiger partial charge in [-0.05, 0) is 6.42 Å². The predicted molar refractivity (Wildman–Crippen MR) is 49.8 cm³/mol. The van der Waals surface area contributed by atoms with E-state index >= 15 is 0 Å². The molecule has 1 aromatic heterocycles. The molecule has 0 aliphatic heterocycles. The van der Waals surface area contributed by atoms with E-state index < -0.39 is 10.0 Å². The van der Waals surface area contributed by atoms with E-state index in [1.807, 2.05) is 0 Å². The number of sulfonamides is 1. The molecule has 0 radical (unpaired) electrons. The van der Waals surface area contributed by atoms with Gasteiger partial charge in [-0.25, -0.2) is 13.6 Å². The third-order valence-electron chi connectivity index (χ3n) is 1.32. The van der Waals surface area contributed by atoms with Crippen LogP contribution in [0.3, 0.4) is 0 Å². The molecule has 0 aromatic carbocycles. The summed E-state index contributed by atoms with van der Waals surface area (Å²) in [5, 5.41) is 14.4. The van der Waals surface area contributed by atoms with Crippen LogP contribution in [0.15, 0.2) is 4.42 Å². The van der Waals surface area contributed by atoms with Crippen molar-refractivity contribution in [3.8, 4) is 0 Å². The van der Waals surface area contributed by atoms with Crippen molar-refractivity contribution in [1.29, 1.82) is 0 Å².